The molecule has 0 spiro atoms. The molecule has 1 atom stereocenters. The molecular formula is C49H52IrN3OSi. The van der Waals surface area contributed by atoms with Gasteiger partial charge in [0.15, 0.2) is 0 Å². The average Bonchev–Trinajstić information content (AvgIpc) is 3.76. The van der Waals surface area contributed by atoms with E-state index in [1.165, 1.54) is 16.8 Å². The zero-order chi connectivity index (χ0) is 39.9. The number of furan rings is 1. The Kier molecular flexibility index (Phi) is 11.4. The molecule has 0 bridgehead atoms. The first-order chi connectivity index (χ1) is 26.7. The molecule has 0 amide bonds. The second-order valence-electron chi connectivity index (χ2n) is 16.2. The van der Waals surface area contributed by atoms with Crippen LogP contribution in [0.25, 0.3) is 38.5 Å². The number of aromatic nitrogens is 1. The first kappa shape index (κ1) is 37.4. The predicted octanol–water partition coefficient (Wildman–Crippen LogP) is 13.8. The van der Waals surface area contributed by atoms with Gasteiger partial charge in [-0.05, 0) is 64.4 Å². The fourth-order valence-electron chi connectivity index (χ4n) is 7.36. The van der Waals surface area contributed by atoms with Gasteiger partial charge in [-0.15, -0.1) is 47.6 Å². The van der Waals surface area contributed by atoms with Crippen LogP contribution in [0.4, 0.5) is 17.1 Å². The van der Waals surface area contributed by atoms with Crippen LogP contribution in [0.2, 0.25) is 19.6 Å². The van der Waals surface area contributed by atoms with Gasteiger partial charge in [0.05, 0.1) is 8.07 Å². The summed E-state index contributed by atoms with van der Waals surface area (Å²) in [6.07, 6.45) is 0.341. The van der Waals surface area contributed by atoms with E-state index in [4.69, 9.17) is 12.5 Å². The molecule has 0 N–H and O–H groups in total. The zero-order valence-corrected chi connectivity index (χ0v) is 36.8. The molecule has 5 aromatic carbocycles. The molecule has 2 aromatic heterocycles. The SMILES string of the molecule is CC(C)c1cccc(C(C)C)c1N1c2ccccc2[N-]C1c1[c-]cc2oc3ccccc3c2c1.[2H]C([2H])(c1cc(-c2[c-]cccc2)ncc1[Si](C)(C)C)C(C)C.[Ir+3]. The molecule has 8 rings (SSSR count). The van der Waals surface area contributed by atoms with E-state index in [2.05, 4.69) is 130 Å². The van der Waals surface area contributed by atoms with Crippen LogP contribution in [0.5, 0.6) is 0 Å². The third-order valence-electron chi connectivity index (χ3n) is 9.98. The maximum Gasteiger partial charge on any atom is 3.00 e. The summed E-state index contributed by atoms with van der Waals surface area (Å²) in [5.74, 6) is 0.704. The summed E-state index contributed by atoms with van der Waals surface area (Å²) in [4.78, 5) is 7.02. The fourth-order valence-corrected chi connectivity index (χ4v) is 8.76. The Morgan fingerprint density at radius 3 is 2.16 bits per heavy atom. The first-order valence-corrected chi connectivity index (χ1v) is 22.7. The maximum atomic E-state index is 8.55. The summed E-state index contributed by atoms with van der Waals surface area (Å²) in [5.41, 5.74) is 11.4. The van der Waals surface area contributed by atoms with Gasteiger partial charge in [0, 0.05) is 31.3 Å². The van der Waals surface area contributed by atoms with Crippen molar-refractivity contribution in [2.24, 2.45) is 5.92 Å². The van der Waals surface area contributed by atoms with Gasteiger partial charge in [-0.3, -0.25) is 0 Å². The summed E-state index contributed by atoms with van der Waals surface area (Å²) >= 11 is 0. The number of fused-ring (bicyclic) bond motifs is 4. The number of benzene rings is 5. The van der Waals surface area contributed by atoms with E-state index >= 15 is 0 Å². The van der Waals surface area contributed by atoms with E-state index < -0.39 is 14.4 Å². The molecule has 0 saturated carbocycles. The average molecular weight is 921 g/mol. The minimum atomic E-state index is -1.67. The largest absolute Gasteiger partial charge is 3.00 e. The zero-order valence-electron chi connectivity index (χ0n) is 35.4. The van der Waals surface area contributed by atoms with Gasteiger partial charge < -0.3 is 19.6 Å². The van der Waals surface area contributed by atoms with Crippen LogP contribution in [0.1, 0.15) is 84.5 Å². The molecule has 0 fully saturated rings. The van der Waals surface area contributed by atoms with Crippen LogP contribution in [0.15, 0.2) is 120 Å². The Hall–Kier alpha value is -4.48. The van der Waals surface area contributed by atoms with Crippen molar-refractivity contribution in [3.8, 4) is 11.3 Å². The number of hydrogen-bond donors (Lipinski definition) is 0. The second-order valence-corrected chi connectivity index (χ2v) is 21.2. The third-order valence-corrected chi connectivity index (χ3v) is 12.0. The van der Waals surface area contributed by atoms with Crippen molar-refractivity contribution >= 4 is 52.3 Å². The van der Waals surface area contributed by atoms with E-state index in [0.717, 1.165) is 60.9 Å². The van der Waals surface area contributed by atoms with Gasteiger partial charge in [0.25, 0.3) is 0 Å². The number of nitrogens with zero attached hydrogens (tertiary/aromatic N) is 3. The Morgan fingerprint density at radius 1 is 0.800 bits per heavy atom. The molecule has 0 saturated heterocycles. The standard InChI is InChI=1S/C31H28N2O.C18H24NSi.Ir/c1-19(2)22-11-9-12-23(20(3)4)30(22)33-27-14-7-6-13-26(27)32-31(33)21-16-17-29-25(18-21)24-10-5-8-15-28(24)34-29;1-14(2)11-16-12-17(15-9-7-6-8-10-15)19-13-18(16)20(3,4)5;/h5-15,17-20,31H,1-4H3;6-9,12-14H,11H2,1-5H3;/q-2;-1;+3/i;11D2;. The Morgan fingerprint density at radius 2 is 1.49 bits per heavy atom. The van der Waals surface area contributed by atoms with Crippen molar-refractivity contribution < 1.29 is 27.3 Å². The molecule has 282 valence electrons. The molecule has 1 aliphatic heterocycles. The topological polar surface area (TPSA) is 43.4 Å². The number of hydrogen-bond acceptors (Lipinski definition) is 3. The number of pyridine rings is 1. The molecule has 0 radical (unpaired) electrons. The molecule has 7 aromatic rings. The quantitative estimate of drug-likeness (QED) is 0.113. The van der Waals surface area contributed by atoms with Gasteiger partial charge in [-0.25, -0.2) is 0 Å². The molecular weight excluding hydrogens is 867 g/mol. The Bertz CT molecular complexity index is 2460. The minimum absolute atomic E-state index is 0. The summed E-state index contributed by atoms with van der Waals surface area (Å²) < 4.78 is 23.2. The number of anilines is 2. The minimum Gasteiger partial charge on any atom is -0.661 e. The Labute approximate surface area is 345 Å². The van der Waals surface area contributed by atoms with E-state index in [0.29, 0.717) is 11.8 Å². The van der Waals surface area contributed by atoms with Crippen LogP contribution in [-0.2, 0) is 26.5 Å². The van der Waals surface area contributed by atoms with Gasteiger partial charge in [-0.2, -0.15) is 17.7 Å². The van der Waals surface area contributed by atoms with E-state index in [1.807, 2.05) is 68.6 Å². The van der Waals surface area contributed by atoms with Crippen molar-refractivity contribution in [2.45, 2.75) is 85.6 Å². The molecule has 3 heterocycles. The molecule has 4 nitrogen and oxygen atoms in total. The summed E-state index contributed by atoms with van der Waals surface area (Å²) in [6, 6.07) is 43.9. The van der Waals surface area contributed by atoms with E-state index in [-0.39, 0.29) is 32.2 Å². The van der Waals surface area contributed by atoms with Crippen molar-refractivity contribution in [2.75, 3.05) is 4.90 Å². The first-order valence-electron chi connectivity index (χ1n) is 20.2. The Balaban J connectivity index is 0.000000208. The smallest absolute Gasteiger partial charge is 0.661 e. The maximum absolute atomic E-state index is 8.55. The predicted molar refractivity (Wildman–Crippen MR) is 232 cm³/mol. The van der Waals surface area contributed by atoms with Crippen molar-refractivity contribution in [1.29, 1.82) is 0 Å². The van der Waals surface area contributed by atoms with Crippen LogP contribution < -0.4 is 10.1 Å². The van der Waals surface area contributed by atoms with Gasteiger partial charge >= 0.3 is 20.1 Å². The van der Waals surface area contributed by atoms with Crippen LogP contribution in [-0.4, -0.2) is 13.1 Å². The molecule has 55 heavy (non-hydrogen) atoms. The van der Waals surface area contributed by atoms with E-state index in [1.54, 1.807) is 0 Å². The van der Waals surface area contributed by atoms with Gasteiger partial charge in [-0.1, -0.05) is 133 Å². The van der Waals surface area contributed by atoms with Crippen LogP contribution in [0, 0.1) is 18.1 Å². The van der Waals surface area contributed by atoms with Gasteiger partial charge in [0.2, 0.25) is 0 Å². The normalized spacial score (nSPS) is 14.7. The van der Waals surface area contributed by atoms with Crippen molar-refractivity contribution in [1.82, 2.24) is 4.98 Å². The van der Waals surface area contributed by atoms with Gasteiger partial charge in [0.1, 0.15) is 5.58 Å². The number of rotatable bonds is 8. The van der Waals surface area contributed by atoms with E-state index in [9.17, 15) is 0 Å². The molecule has 0 aliphatic carbocycles. The summed E-state index contributed by atoms with van der Waals surface area (Å²) in [6.45, 7) is 19.7. The summed E-state index contributed by atoms with van der Waals surface area (Å²) in [5, 5.41) is 8.55. The summed E-state index contributed by atoms with van der Waals surface area (Å²) in [7, 11) is -1.67. The molecule has 1 aliphatic rings. The van der Waals surface area contributed by atoms with Crippen molar-refractivity contribution in [3.63, 3.8) is 0 Å². The fraction of sp³-hybridized carbons (Fsp3) is 0.286. The van der Waals surface area contributed by atoms with Crippen LogP contribution in [0.3, 0.4) is 0 Å². The molecule has 6 heteroatoms. The second kappa shape index (κ2) is 16.7. The third kappa shape index (κ3) is 8.38. The van der Waals surface area contributed by atoms with Crippen LogP contribution >= 0.6 is 0 Å². The monoisotopic (exact) mass is 921 g/mol. The van der Waals surface area contributed by atoms with Crippen molar-refractivity contribution in [3.05, 3.63) is 155 Å². The molecule has 1 unspecified atom stereocenters. The number of para-hydroxylation sites is 4.